The molecule has 2 nitrogen and oxygen atoms in total. The summed E-state index contributed by atoms with van der Waals surface area (Å²) >= 11 is 2.48. The Kier molecular flexibility index (Phi) is 9.26. The van der Waals surface area contributed by atoms with Gasteiger partial charge in [-0.15, -0.1) is 0 Å². The second-order valence-electron chi connectivity index (χ2n) is 16.0. The molecular formula is C36H62N2S. The number of rotatable bonds is 5. The lowest BCUT2D eigenvalue weighted by atomic mass is 9.59. The molecule has 0 amide bonds. The van der Waals surface area contributed by atoms with Gasteiger partial charge in [0.1, 0.15) is 0 Å². The van der Waals surface area contributed by atoms with E-state index >= 15 is 0 Å². The summed E-state index contributed by atoms with van der Waals surface area (Å²) in [6.07, 6.45) is 34.3. The highest BCUT2D eigenvalue weighted by Gasteiger charge is 2.52. The van der Waals surface area contributed by atoms with Gasteiger partial charge in [-0.3, -0.25) is 0 Å². The molecule has 6 aliphatic carbocycles. The van der Waals surface area contributed by atoms with E-state index in [4.69, 9.17) is 5.73 Å². The van der Waals surface area contributed by atoms with E-state index in [2.05, 4.69) is 17.1 Å². The van der Waals surface area contributed by atoms with Crippen molar-refractivity contribution in [1.82, 2.24) is 5.32 Å². The first-order chi connectivity index (χ1) is 19.2. The Balaban J connectivity index is 0.983. The van der Waals surface area contributed by atoms with Crippen LogP contribution in [-0.4, -0.2) is 28.6 Å². The molecule has 7 aliphatic rings. The molecule has 39 heavy (non-hydrogen) atoms. The Morgan fingerprint density at radius 1 is 0.462 bits per heavy atom. The predicted molar refractivity (Wildman–Crippen MR) is 168 cm³/mol. The molecular weight excluding hydrogens is 492 g/mol. The van der Waals surface area contributed by atoms with Gasteiger partial charge in [-0.25, -0.2) is 0 Å². The number of hydrogen-bond acceptors (Lipinski definition) is 3. The maximum absolute atomic E-state index is 7.24. The standard InChI is InChI=1S/C36H62N2S/c37-33-23-26(18-20-28(33)30-15-9-16-31-29-14-7-8-17-35(29)39-36(30)31)25-19-21-34(38-27-12-5-2-6-13-27)32(22-25)24-10-3-1-4-11-24/h24-36,38H,1-23,37H2. The van der Waals surface area contributed by atoms with Crippen LogP contribution >= 0.6 is 11.8 Å². The van der Waals surface area contributed by atoms with Crippen LogP contribution in [0, 0.1) is 47.3 Å². The topological polar surface area (TPSA) is 38.0 Å². The van der Waals surface area contributed by atoms with Crippen LogP contribution in [0.5, 0.6) is 0 Å². The molecule has 1 heterocycles. The predicted octanol–water partition coefficient (Wildman–Crippen LogP) is 9.11. The van der Waals surface area contributed by atoms with Gasteiger partial charge < -0.3 is 11.1 Å². The van der Waals surface area contributed by atoms with Crippen LogP contribution in [0.3, 0.4) is 0 Å². The lowest BCUT2D eigenvalue weighted by Gasteiger charge is -2.49. The summed E-state index contributed by atoms with van der Waals surface area (Å²) in [6, 6.07) is 2.13. The van der Waals surface area contributed by atoms with Gasteiger partial charge >= 0.3 is 0 Å². The normalized spacial score (nSPS) is 48.4. The average molecular weight is 555 g/mol. The fourth-order valence-corrected chi connectivity index (χ4v) is 14.4. The molecule has 0 spiro atoms. The van der Waals surface area contributed by atoms with Crippen LogP contribution in [-0.2, 0) is 0 Å². The Hall–Kier alpha value is 0.270. The van der Waals surface area contributed by atoms with E-state index in [1.165, 1.54) is 135 Å². The van der Waals surface area contributed by atoms with Gasteiger partial charge in [0, 0.05) is 28.6 Å². The van der Waals surface area contributed by atoms with Gasteiger partial charge in [0.15, 0.2) is 0 Å². The van der Waals surface area contributed by atoms with Crippen molar-refractivity contribution < 1.29 is 0 Å². The monoisotopic (exact) mass is 554 g/mol. The Morgan fingerprint density at radius 2 is 1.10 bits per heavy atom. The molecule has 3 heteroatoms. The lowest BCUT2D eigenvalue weighted by Crippen LogP contribution is -2.51. The van der Waals surface area contributed by atoms with Gasteiger partial charge in [0.2, 0.25) is 0 Å². The molecule has 11 unspecified atom stereocenters. The number of hydrogen-bond donors (Lipinski definition) is 2. The number of thioether (sulfide) groups is 1. The van der Waals surface area contributed by atoms with Crippen molar-refractivity contribution in [3.05, 3.63) is 0 Å². The lowest BCUT2D eigenvalue weighted by molar-refractivity contribution is 0.0482. The highest BCUT2D eigenvalue weighted by Crippen LogP contribution is 2.59. The molecule has 7 rings (SSSR count). The second kappa shape index (κ2) is 12.9. The van der Waals surface area contributed by atoms with E-state index in [-0.39, 0.29) is 0 Å². The van der Waals surface area contributed by atoms with Crippen molar-refractivity contribution in [3.63, 3.8) is 0 Å². The minimum atomic E-state index is 0.488. The van der Waals surface area contributed by atoms with Crippen molar-refractivity contribution in [2.75, 3.05) is 0 Å². The molecule has 0 aromatic heterocycles. The smallest absolute Gasteiger partial charge is 0.0113 e. The first kappa shape index (κ1) is 28.1. The quantitative estimate of drug-likeness (QED) is 0.356. The van der Waals surface area contributed by atoms with Crippen molar-refractivity contribution in [2.24, 2.45) is 53.1 Å². The number of nitrogens with two attached hydrogens (primary N) is 1. The van der Waals surface area contributed by atoms with Crippen LogP contribution in [0.25, 0.3) is 0 Å². The molecule has 0 aromatic carbocycles. The van der Waals surface area contributed by atoms with E-state index in [9.17, 15) is 0 Å². The molecule has 0 aromatic rings. The highest BCUT2D eigenvalue weighted by molar-refractivity contribution is 8.00. The maximum atomic E-state index is 7.24. The van der Waals surface area contributed by atoms with Crippen LogP contribution in [0.4, 0.5) is 0 Å². The average Bonchev–Trinajstić information content (AvgIpc) is 3.37. The van der Waals surface area contributed by atoms with Crippen LogP contribution in [0.2, 0.25) is 0 Å². The van der Waals surface area contributed by atoms with Gasteiger partial charge in [-0.1, -0.05) is 70.6 Å². The minimum Gasteiger partial charge on any atom is -0.327 e. The first-order valence-electron chi connectivity index (χ1n) is 18.4. The van der Waals surface area contributed by atoms with Gasteiger partial charge in [-0.05, 0) is 124 Å². The van der Waals surface area contributed by atoms with Gasteiger partial charge in [-0.2, -0.15) is 11.8 Å². The van der Waals surface area contributed by atoms with E-state index in [0.29, 0.717) is 6.04 Å². The van der Waals surface area contributed by atoms with E-state index in [1.54, 1.807) is 12.8 Å². The van der Waals surface area contributed by atoms with E-state index < -0.39 is 0 Å². The highest BCUT2D eigenvalue weighted by atomic mass is 32.2. The largest absolute Gasteiger partial charge is 0.327 e. The summed E-state index contributed by atoms with van der Waals surface area (Å²) in [5.41, 5.74) is 7.24. The molecule has 1 aliphatic heterocycles. The fraction of sp³-hybridized carbons (Fsp3) is 1.00. The Morgan fingerprint density at radius 3 is 1.90 bits per heavy atom. The Bertz CT molecular complexity index is 774. The maximum Gasteiger partial charge on any atom is 0.0113 e. The molecule has 3 N–H and O–H groups in total. The van der Waals surface area contributed by atoms with Crippen molar-refractivity contribution in [3.8, 4) is 0 Å². The third-order valence-electron chi connectivity index (χ3n) is 14.0. The molecule has 11 atom stereocenters. The first-order valence-corrected chi connectivity index (χ1v) is 19.4. The molecule has 6 saturated carbocycles. The van der Waals surface area contributed by atoms with Crippen molar-refractivity contribution in [2.45, 2.75) is 176 Å². The molecule has 222 valence electrons. The number of fused-ring (bicyclic) bond motifs is 3. The zero-order valence-electron chi connectivity index (χ0n) is 25.3. The van der Waals surface area contributed by atoms with Gasteiger partial charge in [0.05, 0.1) is 0 Å². The van der Waals surface area contributed by atoms with Crippen molar-refractivity contribution in [1.29, 1.82) is 0 Å². The van der Waals surface area contributed by atoms with Gasteiger partial charge in [0.25, 0.3) is 0 Å². The summed E-state index contributed by atoms with van der Waals surface area (Å²) in [4.78, 5) is 0. The molecule has 7 fully saturated rings. The van der Waals surface area contributed by atoms with E-state index in [0.717, 1.165) is 69.9 Å². The third kappa shape index (κ3) is 6.04. The summed E-state index contributed by atoms with van der Waals surface area (Å²) < 4.78 is 0. The minimum absolute atomic E-state index is 0.488. The molecule has 0 radical (unpaired) electrons. The van der Waals surface area contributed by atoms with Crippen molar-refractivity contribution >= 4 is 11.8 Å². The van der Waals surface area contributed by atoms with Crippen LogP contribution in [0.1, 0.15) is 148 Å². The second-order valence-corrected chi connectivity index (χ2v) is 17.4. The van der Waals surface area contributed by atoms with E-state index in [1.807, 2.05) is 0 Å². The summed E-state index contributed by atoms with van der Waals surface area (Å²) in [7, 11) is 0. The summed E-state index contributed by atoms with van der Waals surface area (Å²) in [6.45, 7) is 0. The van der Waals surface area contributed by atoms with Crippen LogP contribution in [0.15, 0.2) is 0 Å². The summed E-state index contributed by atoms with van der Waals surface area (Å²) in [5.74, 6) is 7.76. The number of nitrogens with one attached hydrogen (secondary N) is 1. The molecule has 0 bridgehead atoms. The third-order valence-corrected chi connectivity index (χ3v) is 16.0. The zero-order valence-corrected chi connectivity index (χ0v) is 26.1. The fourth-order valence-electron chi connectivity index (χ4n) is 12.1. The zero-order chi connectivity index (χ0) is 26.2. The SMILES string of the molecule is NC1CC(C2CCC(NC3CCCCC3)C(C3CCCCC3)C2)CCC1C1CCCC2C3CCCCC3SC12. The van der Waals surface area contributed by atoms with Crippen LogP contribution < -0.4 is 11.1 Å². The summed E-state index contributed by atoms with van der Waals surface area (Å²) in [5, 5.41) is 6.28. The molecule has 1 saturated heterocycles. The Labute approximate surface area is 245 Å².